The van der Waals surface area contributed by atoms with Crippen LogP contribution in [0.15, 0.2) is 0 Å². The molecule has 1 radical (unpaired) electrons. The summed E-state index contributed by atoms with van der Waals surface area (Å²) < 4.78 is 12.1. The van der Waals surface area contributed by atoms with Gasteiger partial charge in [0.05, 0.1) is 6.67 Å². The Morgan fingerprint density at radius 1 is 1.45 bits per heavy atom. The standard InChI is InChI=1S/C8H16FN2/c1-8(6-9)7-11-4-2-10-3-5-11/h8H,2-7H2,1H3/t8-/m1/s1. The van der Waals surface area contributed by atoms with Crippen LogP contribution in [0.4, 0.5) is 4.39 Å². The molecule has 0 unspecified atom stereocenters. The summed E-state index contributed by atoms with van der Waals surface area (Å²) in [6.07, 6.45) is 0. The van der Waals surface area contributed by atoms with E-state index in [0.717, 1.165) is 32.7 Å². The van der Waals surface area contributed by atoms with Crippen LogP contribution in [0.25, 0.3) is 0 Å². The van der Waals surface area contributed by atoms with Gasteiger partial charge in [-0.1, -0.05) is 6.92 Å². The van der Waals surface area contributed by atoms with Crippen molar-refractivity contribution in [2.24, 2.45) is 5.92 Å². The Hall–Kier alpha value is -0.150. The number of nitrogens with zero attached hydrogens (tertiary/aromatic N) is 2. The van der Waals surface area contributed by atoms with Crippen LogP contribution in [0.5, 0.6) is 0 Å². The molecule has 0 aromatic rings. The number of alkyl halides is 1. The van der Waals surface area contributed by atoms with Crippen molar-refractivity contribution >= 4 is 0 Å². The molecule has 1 aliphatic heterocycles. The molecule has 1 saturated heterocycles. The fraction of sp³-hybridized carbons (Fsp3) is 1.00. The summed E-state index contributed by atoms with van der Waals surface area (Å²) in [5, 5.41) is 4.23. The molecule has 0 aliphatic carbocycles. The number of hydrogen-bond acceptors (Lipinski definition) is 1. The van der Waals surface area contributed by atoms with Gasteiger partial charge in [-0.2, -0.15) is 0 Å². The summed E-state index contributed by atoms with van der Waals surface area (Å²) in [6, 6.07) is 0. The van der Waals surface area contributed by atoms with Crippen LogP contribution in [0.2, 0.25) is 0 Å². The van der Waals surface area contributed by atoms with Crippen LogP contribution in [0.1, 0.15) is 6.92 Å². The lowest BCUT2D eigenvalue weighted by atomic mass is 10.2. The summed E-state index contributed by atoms with van der Waals surface area (Å²) in [4.78, 5) is 2.29. The largest absolute Gasteiger partial charge is 0.300 e. The number of rotatable bonds is 3. The van der Waals surface area contributed by atoms with E-state index >= 15 is 0 Å². The SMILES string of the molecule is C[C@H](CF)CN1CC[N]CC1. The van der Waals surface area contributed by atoms with Gasteiger partial charge in [-0.25, -0.2) is 5.32 Å². The average Bonchev–Trinajstić information content (AvgIpc) is 2.06. The van der Waals surface area contributed by atoms with Crippen LogP contribution in [0.3, 0.4) is 0 Å². The summed E-state index contributed by atoms with van der Waals surface area (Å²) >= 11 is 0. The Morgan fingerprint density at radius 3 is 2.64 bits per heavy atom. The number of hydrogen-bond donors (Lipinski definition) is 0. The first-order chi connectivity index (χ1) is 5.33. The third kappa shape index (κ3) is 3.16. The van der Waals surface area contributed by atoms with E-state index < -0.39 is 0 Å². The molecule has 65 valence electrons. The second-order valence-electron chi connectivity index (χ2n) is 3.23. The highest BCUT2D eigenvalue weighted by Gasteiger charge is 2.12. The Kier molecular flexibility index (Phi) is 3.80. The maximum absolute atomic E-state index is 12.1. The van der Waals surface area contributed by atoms with Gasteiger partial charge in [-0.3, -0.25) is 4.39 Å². The van der Waals surface area contributed by atoms with E-state index in [0.29, 0.717) is 0 Å². The molecule has 0 spiro atoms. The molecular weight excluding hydrogens is 143 g/mol. The minimum atomic E-state index is -0.201. The second kappa shape index (κ2) is 4.67. The highest BCUT2D eigenvalue weighted by atomic mass is 19.1. The molecule has 1 heterocycles. The molecule has 11 heavy (non-hydrogen) atoms. The van der Waals surface area contributed by atoms with Crippen molar-refractivity contribution in [2.75, 3.05) is 39.4 Å². The molecule has 1 atom stereocenters. The van der Waals surface area contributed by atoms with E-state index in [-0.39, 0.29) is 12.6 Å². The zero-order chi connectivity index (χ0) is 8.10. The maximum atomic E-state index is 12.1. The fourth-order valence-corrected chi connectivity index (χ4v) is 1.32. The Bertz CT molecular complexity index is 102. The normalized spacial score (nSPS) is 23.5. The van der Waals surface area contributed by atoms with Gasteiger partial charge in [0.1, 0.15) is 0 Å². The van der Waals surface area contributed by atoms with Crippen molar-refractivity contribution in [3.8, 4) is 0 Å². The van der Waals surface area contributed by atoms with Crippen LogP contribution in [0, 0.1) is 5.92 Å². The molecule has 1 fully saturated rings. The van der Waals surface area contributed by atoms with Crippen molar-refractivity contribution < 1.29 is 4.39 Å². The second-order valence-corrected chi connectivity index (χ2v) is 3.23. The quantitative estimate of drug-likeness (QED) is 0.586. The van der Waals surface area contributed by atoms with Crippen LogP contribution >= 0.6 is 0 Å². The Balaban J connectivity index is 2.13. The Morgan fingerprint density at radius 2 is 2.09 bits per heavy atom. The molecule has 0 N–H and O–H groups in total. The maximum Gasteiger partial charge on any atom is 0.0932 e. The van der Waals surface area contributed by atoms with E-state index in [2.05, 4.69) is 10.2 Å². The van der Waals surface area contributed by atoms with Crippen molar-refractivity contribution in [1.82, 2.24) is 10.2 Å². The van der Waals surface area contributed by atoms with Gasteiger partial charge in [-0.15, -0.1) is 0 Å². The van der Waals surface area contributed by atoms with Crippen molar-refractivity contribution in [1.29, 1.82) is 0 Å². The third-order valence-corrected chi connectivity index (χ3v) is 1.98. The van der Waals surface area contributed by atoms with Gasteiger partial charge in [0.15, 0.2) is 0 Å². The molecule has 0 aromatic carbocycles. The molecule has 0 bridgehead atoms. The molecule has 0 saturated carbocycles. The monoisotopic (exact) mass is 159 g/mol. The molecule has 0 aromatic heterocycles. The van der Waals surface area contributed by atoms with Crippen molar-refractivity contribution in [2.45, 2.75) is 6.92 Å². The average molecular weight is 159 g/mol. The summed E-state index contributed by atoms with van der Waals surface area (Å²) in [5.74, 6) is 0.188. The van der Waals surface area contributed by atoms with Gasteiger partial charge in [0.2, 0.25) is 0 Å². The Labute approximate surface area is 67.8 Å². The van der Waals surface area contributed by atoms with Gasteiger partial charge in [0, 0.05) is 32.7 Å². The first-order valence-corrected chi connectivity index (χ1v) is 4.24. The van der Waals surface area contributed by atoms with Gasteiger partial charge in [0.25, 0.3) is 0 Å². The molecule has 1 rings (SSSR count). The van der Waals surface area contributed by atoms with E-state index in [9.17, 15) is 4.39 Å². The molecular formula is C8H16FN2. The summed E-state index contributed by atoms with van der Waals surface area (Å²) in [6.45, 7) is 6.54. The molecule has 3 heteroatoms. The van der Waals surface area contributed by atoms with Crippen molar-refractivity contribution in [3.05, 3.63) is 0 Å². The minimum absolute atomic E-state index is 0.188. The first-order valence-electron chi connectivity index (χ1n) is 4.24. The van der Waals surface area contributed by atoms with Crippen LogP contribution < -0.4 is 5.32 Å². The zero-order valence-corrected chi connectivity index (χ0v) is 7.09. The molecule has 1 aliphatic rings. The lowest BCUT2D eigenvalue weighted by Gasteiger charge is -2.27. The predicted molar refractivity (Wildman–Crippen MR) is 43.4 cm³/mol. The van der Waals surface area contributed by atoms with Gasteiger partial charge < -0.3 is 4.90 Å². The molecule has 0 amide bonds. The topological polar surface area (TPSA) is 17.3 Å². The summed E-state index contributed by atoms with van der Waals surface area (Å²) in [5.41, 5.74) is 0. The number of halogens is 1. The van der Waals surface area contributed by atoms with Crippen LogP contribution in [-0.2, 0) is 0 Å². The number of piperazine rings is 1. The fourth-order valence-electron chi connectivity index (χ4n) is 1.32. The van der Waals surface area contributed by atoms with E-state index in [1.54, 1.807) is 0 Å². The first kappa shape index (κ1) is 8.94. The third-order valence-electron chi connectivity index (χ3n) is 1.98. The highest BCUT2D eigenvalue weighted by Crippen LogP contribution is 2.01. The van der Waals surface area contributed by atoms with Crippen LogP contribution in [-0.4, -0.2) is 44.3 Å². The highest BCUT2D eigenvalue weighted by molar-refractivity contribution is 4.68. The predicted octanol–water partition coefficient (Wildman–Crippen LogP) is 0.512. The van der Waals surface area contributed by atoms with Crippen molar-refractivity contribution in [3.63, 3.8) is 0 Å². The van der Waals surface area contributed by atoms with Gasteiger partial charge in [-0.05, 0) is 5.92 Å². The lowest BCUT2D eigenvalue weighted by Crippen LogP contribution is -2.42. The summed E-state index contributed by atoms with van der Waals surface area (Å²) in [7, 11) is 0. The lowest BCUT2D eigenvalue weighted by molar-refractivity contribution is 0.194. The van der Waals surface area contributed by atoms with E-state index in [4.69, 9.17) is 0 Å². The minimum Gasteiger partial charge on any atom is -0.300 e. The molecule has 2 nitrogen and oxygen atoms in total. The zero-order valence-electron chi connectivity index (χ0n) is 7.09. The van der Waals surface area contributed by atoms with E-state index in [1.807, 2.05) is 6.92 Å². The van der Waals surface area contributed by atoms with E-state index in [1.165, 1.54) is 0 Å². The smallest absolute Gasteiger partial charge is 0.0932 e. The van der Waals surface area contributed by atoms with Gasteiger partial charge >= 0.3 is 0 Å².